The van der Waals surface area contributed by atoms with Crippen LogP contribution in [0.25, 0.3) is 71.7 Å². The molecule has 1 N–H and O–H groups in total. The molecule has 0 spiro atoms. The summed E-state index contributed by atoms with van der Waals surface area (Å²) in [6, 6.07) is 43.1. The molecule has 222 valence electrons. The number of pyridine rings is 1. The zero-order valence-corrected chi connectivity index (χ0v) is 25.3. The van der Waals surface area contributed by atoms with Gasteiger partial charge in [0, 0.05) is 52.7 Å². The molecular weight excluding hydrogens is 578 g/mol. The summed E-state index contributed by atoms with van der Waals surface area (Å²) in [6.45, 7) is 0.758. The third kappa shape index (κ3) is 4.00. The second kappa shape index (κ2) is 10.1. The van der Waals surface area contributed by atoms with E-state index in [4.69, 9.17) is 8.83 Å². The van der Waals surface area contributed by atoms with Crippen molar-refractivity contribution < 1.29 is 8.83 Å². The highest BCUT2D eigenvalue weighted by atomic mass is 16.4. The highest BCUT2D eigenvalue weighted by Crippen LogP contribution is 2.45. The maximum Gasteiger partial charge on any atom is 0.201 e. The average Bonchev–Trinajstić information content (AvgIpc) is 3.70. The summed E-state index contributed by atoms with van der Waals surface area (Å²) in [4.78, 5) is 6.73. The molecule has 0 saturated heterocycles. The van der Waals surface area contributed by atoms with E-state index in [1.807, 2.05) is 18.3 Å². The maximum absolute atomic E-state index is 6.33. The Balaban J connectivity index is 1.18. The SMILES string of the molecule is C1=Cc2c(oc3cc(N(c4ccc(-c5cc6ccccc6c6ccccc56)cc4)c4cccc5oc6ccncc6c45)ccc23)NC1. The molecule has 0 bridgehead atoms. The van der Waals surface area contributed by atoms with Gasteiger partial charge in [-0.05, 0) is 81.2 Å². The van der Waals surface area contributed by atoms with Gasteiger partial charge in [0.05, 0.1) is 11.1 Å². The van der Waals surface area contributed by atoms with Crippen LogP contribution in [0.4, 0.5) is 22.9 Å². The van der Waals surface area contributed by atoms with Crippen molar-refractivity contribution in [2.75, 3.05) is 16.8 Å². The highest BCUT2D eigenvalue weighted by Gasteiger charge is 2.22. The molecule has 0 aliphatic carbocycles. The number of nitrogens with one attached hydrogen (secondary N) is 1. The fourth-order valence-corrected chi connectivity index (χ4v) is 7.22. The minimum Gasteiger partial charge on any atom is -0.456 e. The monoisotopic (exact) mass is 605 g/mol. The molecule has 6 aromatic carbocycles. The van der Waals surface area contributed by atoms with Gasteiger partial charge in [-0.2, -0.15) is 0 Å². The summed E-state index contributed by atoms with van der Waals surface area (Å²) in [7, 11) is 0. The fraction of sp³-hybridized carbons (Fsp3) is 0.0238. The first kappa shape index (κ1) is 25.9. The standard InChI is InChI=1S/C42H27N3O2/c1-2-8-30-27(7-1)23-35(32-10-4-3-9-31(30)32)26-14-16-28(17-15-26)45(29-18-19-33-34-11-6-21-44-42(34)47-40(33)24-29)37-12-5-13-39-41(37)36-25-43-22-20-38(36)46-39/h1-20,22-25,44H,21H2. The lowest BCUT2D eigenvalue weighted by molar-refractivity contribution is 0.628. The van der Waals surface area contributed by atoms with Crippen LogP contribution in [-0.2, 0) is 0 Å². The van der Waals surface area contributed by atoms with Crippen molar-refractivity contribution in [3.8, 4) is 11.1 Å². The van der Waals surface area contributed by atoms with Crippen LogP contribution in [0.5, 0.6) is 0 Å². The zero-order valence-electron chi connectivity index (χ0n) is 25.3. The number of fused-ring (bicyclic) bond motifs is 9. The molecule has 4 heterocycles. The van der Waals surface area contributed by atoms with Crippen molar-refractivity contribution in [2.24, 2.45) is 0 Å². The van der Waals surface area contributed by atoms with Crippen LogP contribution < -0.4 is 10.2 Å². The van der Waals surface area contributed by atoms with E-state index in [-0.39, 0.29) is 0 Å². The largest absolute Gasteiger partial charge is 0.456 e. The van der Waals surface area contributed by atoms with Crippen molar-refractivity contribution in [1.82, 2.24) is 4.98 Å². The summed E-state index contributed by atoms with van der Waals surface area (Å²) < 4.78 is 12.6. The maximum atomic E-state index is 6.33. The number of anilines is 4. The van der Waals surface area contributed by atoms with Gasteiger partial charge in [0.25, 0.3) is 0 Å². The topological polar surface area (TPSA) is 54.4 Å². The van der Waals surface area contributed by atoms with E-state index in [0.29, 0.717) is 0 Å². The minimum atomic E-state index is 0.758. The van der Waals surface area contributed by atoms with E-state index < -0.39 is 0 Å². The fourth-order valence-electron chi connectivity index (χ4n) is 7.22. The number of nitrogens with zero attached hydrogens (tertiary/aromatic N) is 2. The third-order valence-electron chi connectivity index (χ3n) is 9.36. The molecule has 1 aliphatic rings. The number of benzene rings is 6. The molecular formula is C42H27N3O2. The first-order valence-corrected chi connectivity index (χ1v) is 15.8. The van der Waals surface area contributed by atoms with E-state index in [9.17, 15) is 0 Å². The molecule has 0 saturated carbocycles. The van der Waals surface area contributed by atoms with Gasteiger partial charge in [-0.1, -0.05) is 78.9 Å². The van der Waals surface area contributed by atoms with Crippen LogP contribution in [0.1, 0.15) is 5.56 Å². The van der Waals surface area contributed by atoms with Crippen LogP contribution in [0.2, 0.25) is 0 Å². The molecule has 5 heteroatoms. The van der Waals surface area contributed by atoms with Crippen LogP contribution in [0.15, 0.2) is 149 Å². The summed E-state index contributed by atoms with van der Waals surface area (Å²) in [6.07, 6.45) is 7.91. The van der Waals surface area contributed by atoms with E-state index in [2.05, 4.69) is 137 Å². The third-order valence-corrected chi connectivity index (χ3v) is 9.36. The van der Waals surface area contributed by atoms with Gasteiger partial charge >= 0.3 is 0 Å². The Morgan fingerprint density at radius 2 is 1.45 bits per heavy atom. The van der Waals surface area contributed by atoms with Crippen molar-refractivity contribution in [1.29, 1.82) is 0 Å². The number of aromatic nitrogens is 1. The normalized spacial score (nSPS) is 12.7. The van der Waals surface area contributed by atoms with E-state index >= 15 is 0 Å². The predicted octanol–water partition coefficient (Wildman–Crippen LogP) is 11.6. The van der Waals surface area contributed by atoms with Crippen molar-refractivity contribution in [2.45, 2.75) is 0 Å². The Hall–Kier alpha value is -6.33. The Labute approximate surface area is 270 Å². The molecule has 47 heavy (non-hydrogen) atoms. The summed E-state index contributed by atoms with van der Waals surface area (Å²) in [5, 5.41) is 11.5. The Kier molecular flexibility index (Phi) is 5.57. The van der Waals surface area contributed by atoms with Gasteiger partial charge in [0.15, 0.2) is 0 Å². The van der Waals surface area contributed by atoms with Gasteiger partial charge in [0.1, 0.15) is 16.7 Å². The van der Waals surface area contributed by atoms with E-state index in [1.165, 1.54) is 32.7 Å². The Morgan fingerprint density at radius 3 is 2.36 bits per heavy atom. The minimum absolute atomic E-state index is 0.758. The molecule has 0 atom stereocenters. The first-order chi connectivity index (χ1) is 23.3. The lowest BCUT2D eigenvalue weighted by Gasteiger charge is -2.26. The number of hydrogen-bond acceptors (Lipinski definition) is 5. The Bertz CT molecular complexity index is 2700. The predicted molar refractivity (Wildman–Crippen MR) is 194 cm³/mol. The molecule has 10 rings (SSSR count). The zero-order chi connectivity index (χ0) is 30.9. The summed E-state index contributed by atoms with van der Waals surface area (Å²) >= 11 is 0. The second-order valence-corrected chi connectivity index (χ2v) is 12.0. The average molecular weight is 606 g/mol. The number of rotatable bonds is 4. The summed E-state index contributed by atoms with van der Waals surface area (Å²) in [5.74, 6) is 0.812. The van der Waals surface area contributed by atoms with Gasteiger partial charge in [-0.25, -0.2) is 0 Å². The van der Waals surface area contributed by atoms with Gasteiger partial charge in [-0.3, -0.25) is 4.98 Å². The lowest BCUT2D eigenvalue weighted by atomic mass is 9.93. The molecule has 3 aromatic heterocycles. The highest BCUT2D eigenvalue weighted by molar-refractivity contribution is 6.15. The molecule has 1 aliphatic heterocycles. The molecule has 5 nitrogen and oxygen atoms in total. The molecule has 0 radical (unpaired) electrons. The van der Waals surface area contributed by atoms with E-state index in [1.54, 1.807) is 6.20 Å². The summed E-state index contributed by atoms with van der Waals surface area (Å²) in [5.41, 5.74) is 8.96. The molecule has 9 aromatic rings. The second-order valence-electron chi connectivity index (χ2n) is 12.0. The van der Waals surface area contributed by atoms with Crippen molar-refractivity contribution >= 4 is 83.5 Å². The number of hydrogen-bond donors (Lipinski definition) is 1. The Morgan fingerprint density at radius 1 is 0.617 bits per heavy atom. The van der Waals surface area contributed by atoms with Crippen molar-refractivity contribution in [3.63, 3.8) is 0 Å². The number of furan rings is 2. The molecule has 0 unspecified atom stereocenters. The van der Waals surface area contributed by atoms with Crippen LogP contribution in [-0.4, -0.2) is 11.5 Å². The molecule has 0 amide bonds. The van der Waals surface area contributed by atoms with Gasteiger partial charge in [-0.15, -0.1) is 0 Å². The first-order valence-electron chi connectivity index (χ1n) is 15.8. The van der Waals surface area contributed by atoms with Crippen LogP contribution >= 0.6 is 0 Å². The van der Waals surface area contributed by atoms with Crippen LogP contribution in [0, 0.1) is 0 Å². The van der Waals surface area contributed by atoms with E-state index in [0.717, 1.165) is 68.0 Å². The molecule has 0 fully saturated rings. The van der Waals surface area contributed by atoms with Gasteiger partial charge in [0.2, 0.25) is 5.88 Å². The lowest BCUT2D eigenvalue weighted by Crippen LogP contribution is -2.10. The van der Waals surface area contributed by atoms with Gasteiger partial charge < -0.3 is 19.1 Å². The van der Waals surface area contributed by atoms with Crippen molar-refractivity contribution in [3.05, 3.63) is 145 Å². The van der Waals surface area contributed by atoms with Crippen LogP contribution in [0.3, 0.4) is 0 Å². The smallest absolute Gasteiger partial charge is 0.201 e. The quantitative estimate of drug-likeness (QED) is 0.202.